The maximum absolute atomic E-state index is 11.9. The molecule has 1 unspecified atom stereocenters. The molecule has 1 rings (SSSR count). The molecule has 20 heavy (non-hydrogen) atoms. The maximum atomic E-state index is 11.9. The molecule has 0 amide bonds. The van der Waals surface area contributed by atoms with Crippen molar-refractivity contribution in [2.45, 2.75) is 83.7 Å². The summed E-state index contributed by atoms with van der Waals surface area (Å²) in [5, 5.41) is 8.89. The van der Waals surface area contributed by atoms with Crippen LogP contribution in [-0.4, -0.2) is 23.1 Å². The molecule has 3 nitrogen and oxygen atoms in total. The Hall–Kier alpha value is -0.830. The second kappa shape index (κ2) is 9.17. The van der Waals surface area contributed by atoms with Crippen molar-refractivity contribution in [3.05, 3.63) is 11.8 Å². The maximum Gasteiger partial charge on any atom is 0.202 e. The zero-order valence-electron chi connectivity index (χ0n) is 13.1. The molecule has 1 aliphatic heterocycles. The lowest BCUT2D eigenvalue weighted by atomic mass is 9.94. The van der Waals surface area contributed by atoms with Crippen LogP contribution < -0.4 is 0 Å². The topological polar surface area (TPSA) is 46.5 Å². The van der Waals surface area contributed by atoms with E-state index < -0.39 is 5.60 Å². The number of rotatable bonds is 11. The zero-order valence-corrected chi connectivity index (χ0v) is 13.1. The first-order chi connectivity index (χ1) is 9.62. The van der Waals surface area contributed by atoms with E-state index in [2.05, 4.69) is 6.92 Å². The minimum absolute atomic E-state index is 0.0347. The van der Waals surface area contributed by atoms with Gasteiger partial charge in [-0.3, -0.25) is 4.79 Å². The Kier molecular flexibility index (Phi) is 7.90. The first-order valence-electron chi connectivity index (χ1n) is 8.17. The van der Waals surface area contributed by atoms with E-state index in [1.165, 1.54) is 44.9 Å². The highest BCUT2D eigenvalue weighted by Crippen LogP contribution is 2.31. The van der Waals surface area contributed by atoms with Crippen molar-refractivity contribution in [3.63, 3.8) is 0 Å². The number of hydrogen-bond donors (Lipinski definition) is 1. The zero-order chi connectivity index (χ0) is 14.8. The molecule has 116 valence electrons. The highest BCUT2D eigenvalue weighted by Gasteiger charge is 2.38. The van der Waals surface area contributed by atoms with Gasteiger partial charge in [0.05, 0.1) is 6.61 Å². The van der Waals surface area contributed by atoms with Gasteiger partial charge in [0.2, 0.25) is 5.78 Å². The van der Waals surface area contributed by atoms with Crippen molar-refractivity contribution in [2.24, 2.45) is 0 Å². The number of ether oxygens (including phenoxy) is 1. The van der Waals surface area contributed by atoms with E-state index in [4.69, 9.17) is 9.84 Å². The third-order valence-electron chi connectivity index (χ3n) is 4.04. The van der Waals surface area contributed by atoms with E-state index in [0.29, 0.717) is 12.2 Å². The average molecular weight is 282 g/mol. The lowest BCUT2D eigenvalue weighted by Crippen LogP contribution is -2.32. The number of carbonyl (C=O) groups excluding carboxylic acids is 1. The molecule has 0 aromatic carbocycles. The van der Waals surface area contributed by atoms with Gasteiger partial charge < -0.3 is 9.84 Å². The van der Waals surface area contributed by atoms with Crippen molar-refractivity contribution in [1.82, 2.24) is 0 Å². The number of ketones is 1. The van der Waals surface area contributed by atoms with Gasteiger partial charge in [-0.15, -0.1) is 0 Å². The molecule has 3 heteroatoms. The molecule has 0 fully saturated rings. The number of aliphatic hydroxyl groups is 1. The highest BCUT2D eigenvalue weighted by atomic mass is 16.5. The fraction of sp³-hybridized carbons (Fsp3) is 0.824. The fourth-order valence-corrected chi connectivity index (χ4v) is 2.67. The molecule has 1 heterocycles. The van der Waals surface area contributed by atoms with E-state index in [9.17, 15) is 4.79 Å². The van der Waals surface area contributed by atoms with E-state index in [1.807, 2.05) is 6.92 Å². The number of aliphatic hydroxyl groups excluding tert-OH is 1. The third-order valence-corrected chi connectivity index (χ3v) is 4.04. The monoisotopic (exact) mass is 282 g/mol. The predicted molar refractivity (Wildman–Crippen MR) is 81.5 cm³/mol. The Balaban J connectivity index is 2.11. The van der Waals surface area contributed by atoms with Gasteiger partial charge >= 0.3 is 0 Å². The summed E-state index contributed by atoms with van der Waals surface area (Å²) in [5.41, 5.74) is -0.674. The number of hydrogen-bond acceptors (Lipinski definition) is 3. The minimum atomic E-state index is -0.674. The summed E-state index contributed by atoms with van der Waals surface area (Å²) in [6.07, 6.45) is 12.9. The van der Waals surface area contributed by atoms with Crippen LogP contribution >= 0.6 is 0 Å². The summed E-state index contributed by atoms with van der Waals surface area (Å²) in [5.74, 6) is 0.698. The lowest BCUT2D eigenvalue weighted by Gasteiger charge is -2.23. The smallest absolute Gasteiger partial charge is 0.202 e. The molecule has 1 N–H and O–H groups in total. The van der Waals surface area contributed by atoms with Crippen LogP contribution in [0.15, 0.2) is 11.8 Å². The van der Waals surface area contributed by atoms with Crippen LogP contribution in [0.5, 0.6) is 0 Å². The van der Waals surface area contributed by atoms with Crippen molar-refractivity contribution in [2.75, 3.05) is 6.61 Å². The molecule has 1 atom stereocenters. The van der Waals surface area contributed by atoms with Crippen molar-refractivity contribution in [1.29, 1.82) is 0 Å². The van der Waals surface area contributed by atoms with Gasteiger partial charge in [-0.25, -0.2) is 0 Å². The van der Waals surface area contributed by atoms with E-state index in [-0.39, 0.29) is 12.4 Å². The largest absolute Gasteiger partial charge is 0.484 e. The Morgan fingerprint density at radius 3 is 2.30 bits per heavy atom. The summed E-state index contributed by atoms with van der Waals surface area (Å²) in [4.78, 5) is 11.9. The quantitative estimate of drug-likeness (QED) is 0.579. The van der Waals surface area contributed by atoms with Gasteiger partial charge in [-0.2, -0.15) is 0 Å². The highest BCUT2D eigenvalue weighted by molar-refractivity contribution is 5.99. The molecule has 0 aromatic heterocycles. The van der Waals surface area contributed by atoms with E-state index in [0.717, 1.165) is 12.8 Å². The van der Waals surface area contributed by atoms with Crippen LogP contribution in [0, 0.1) is 0 Å². The molecule has 0 saturated carbocycles. The molecule has 1 aliphatic rings. The van der Waals surface area contributed by atoms with Crippen molar-refractivity contribution in [3.8, 4) is 0 Å². The Bertz CT molecular complexity index is 322. The van der Waals surface area contributed by atoms with Crippen LogP contribution in [0.3, 0.4) is 0 Å². The standard InChI is InChI=1S/C17H30O3/c1-3-4-5-6-7-8-9-10-12-17(2)16(19)14-15(20-17)11-13-18/h14,18H,3-13H2,1-2H3. The second-order valence-electron chi connectivity index (χ2n) is 6.01. The summed E-state index contributed by atoms with van der Waals surface area (Å²) in [7, 11) is 0. The molecular formula is C17H30O3. The Labute approximate surface area is 123 Å². The summed E-state index contributed by atoms with van der Waals surface area (Å²) >= 11 is 0. The fourth-order valence-electron chi connectivity index (χ4n) is 2.67. The SMILES string of the molecule is CCCCCCCCCCC1(C)OC(CCO)=CC1=O. The van der Waals surface area contributed by atoms with Gasteiger partial charge in [0.15, 0.2) is 5.60 Å². The summed E-state index contributed by atoms with van der Waals surface area (Å²) < 4.78 is 5.71. The Morgan fingerprint density at radius 2 is 1.70 bits per heavy atom. The van der Waals surface area contributed by atoms with Crippen molar-refractivity contribution < 1.29 is 14.6 Å². The normalized spacial score (nSPS) is 21.9. The van der Waals surface area contributed by atoms with Gasteiger partial charge in [-0.1, -0.05) is 51.9 Å². The van der Waals surface area contributed by atoms with Crippen LogP contribution in [0.25, 0.3) is 0 Å². The first-order valence-corrected chi connectivity index (χ1v) is 8.17. The summed E-state index contributed by atoms with van der Waals surface area (Å²) in [6, 6.07) is 0. The van der Waals surface area contributed by atoms with Crippen LogP contribution in [0.2, 0.25) is 0 Å². The molecule has 0 spiro atoms. The van der Waals surface area contributed by atoms with E-state index >= 15 is 0 Å². The lowest BCUT2D eigenvalue weighted by molar-refractivity contribution is -0.129. The first kappa shape index (κ1) is 17.2. The third kappa shape index (κ3) is 5.66. The van der Waals surface area contributed by atoms with Crippen LogP contribution in [0.1, 0.15) is 78.1 Å². The average Bonchev–Trinajstić information content (AvgIpc) is 2.69. The number of carbonyl (C=O) groups is 1. The van der Waals surface area contributed by atoms with Gasteiger partial charge in [-0.05, 0) is 19.8 Å². The molecule has 0 aliphatic carbocycles. The molecule has 0 bridgehead atoms. The molecule has 0 radical (unpaired) electrons. The molecular weight excluding hydrogens is 252 g/mol. The van der Waals surface area contributed by atoms with E-state index in [1.54, 1.807) is 6.08 Å². The molecule has 0 saturated heterocycles. The summed E-state index contributed by atoms with van der Waals surface area (Å²) in [6.45, 7) is 4.14. The van der Waals surface area contributed by atoms with Crippen molar-refractivity contribution >= 4 is 5.78 Å². The van der Waals surface area contributed by atoms with Gasteiger partial charge in [0.25, 0.3) is 0 Å². The molecule has 0 aromatic rings. The van der Waals surface area contributed by atoms with Crippen LogP contribution in [-0.2, 0) is 9.53 Å². The van der Waals surface area contributed by atoms with Gasteiger partial charge in [0.1, 0.15) is 5.76 Å². The second-order valence-corrected chi connectivity index (χ2v) is 6.01. The van der Waals surface area contributed by atoms with Gasteiger partial charge in [0, 0.05) is 12.5 Å². The minimum Gasteiger partial charge on any atom is -0.484 e. The Morgan fingerprint density at radius 1 is 1.10 bits per heavy atom. The number of unbranched alkanes of at least 4 members (excludes halogenated alkanes) is 7. The predicted octanol–water partition coefficient (Wildman–Crippen LogP) is 4.14. The van der Waals surface area contributed by atoms with Crippen LogP contribution in [0.4, 0.5) is 0 Å².